The number of amides is 2. The van der Waals surface area contributed by atoms with Crippen molar-refractivity contribution in [3.8, 4) is 0 Å². The standard InChI is InChI=1S/C10H14N2O5/c1-6-3-4-8(17-6)7(2)11-10(15)12-16-5-9(13)14/h3-4,7H,5H2,1-2H3,(H,13,14)(H2,11,12,15). The third-order valence-electron chi connectivity index (χ3n) is 1.90. The molecule has 1 atom stereocenters. The van der Waals surface area contributed by atoms with Gasteiger partial charge in [-0.25, -0.2) is 15.1 Å². The van der Waals surface area contributed by atoms with Gasteiger partial charge in [0.25, 0.3) is 0 Å². The molecule has 0 aliphatic heterocycles. The molecule has 2 amide bonds. The average molecular weight is 242 g/mol. The first-order valence-electron chi connectivity index (χ1n) is 4.95. The Bertz CT molecular complexity index is 401. The van der Waals surface area contributed by atoms with Crippen molar-refractivity contribution in [2.45, 2.75) is 19.9 Å². The summed E-state index contributed by atoms with van der Waals surface area (Å²) >= 11 is 0. The Balaban J connectivity index is 2.33. The minimum Gasteiger partial charge on any atom is -0.479 e. The van der Waals surface area contributed by atoms with Crippen LogP contribution in [0.5, 0.6) is 0 Å². The fourth-order valence-electron chi connectivity index (χ4n) is 1.15. The summed E-state index contributed by atoms with van der Waals surface area (Å²) in [5, 5.41) is 10.8. The van der Waals surface area contributed by atoms with E-state index in [-0.39, 0.29) is 6.04 Å². The van der Waals surface area contributed by atoms with E-state index < -0.39 is 18.6 Å². The summed E-state index contributed by atoms with van der Waals surface area (Å²) in [6.45, 7) is 2.93. The highest BCUT2D eigenvalue weighted by atomic mass is 16.7. The van der Waals surface area contributed by atoms with Gasteiger partial charge in [-0.3, -0.25) is 4.84 Å². The fourth-order valence-corrected chi connectivity index (χ4v) is 1.15. The first-order chi connectivity index (χ1) is 7.99. The van der Waals surface area contributed by atoms with Crippen LogP contribution in [0.3, 0.4) is 0 Å². The van der Waals surface area contributed by atoms with E-state index in [2.05, 4.69) is 10.2 Å². The number of carbonyl (C=O) groups excluding carboxylic acids is 1. The molecule has 1 aromatic heterocycles. The van der Waals surface area contributed by atoms with Gasteiger partial charge in [0.2, 0.25) is 0 Å². The molecular weight excluding hydrogens is 228 g/mol. The Morgan fingerprint density at radius 1 is 1.53 bits per heavy atom. The lowest BCUT2D eigenvalue weighted by molar-refractivity contribution is -0.144. The van der Waals surface area contributed by atoms with Crippen molar-refractivity contribution in [3.63, 3.8) is 0 Å². The topological polar surface area (TPSA) is 101 Å². The zero-order chi connectivity index (χ0) is 12.8. The second-order valence-corrected chi connectivity index (χ2v) is 3.43. The van der Waals surface area contributed by atoms with Gasteiger partial charge in [0.05, 0.1) is 6.04 Å². The molecule has 1 heterocycles. The van der Waals surface area contributed by atoms with E-state index in [0.29, 0.717) is 5.76 Å². The number of carboxylic acid groups (broad SMARTS) is 1. The summed E-state index contributed by atoms with van der Waals surface area (Å²) in [6, 6.07) is 2.56. The SMILES string of the molecule is Cc1ccc(C(C)NC(=O)NOCC(=O)O)o1. The predicted molar refractivity (Wildman–Crippen MR) is 57.1 cm³/mol. The molecule has 94 valence electrons. The first kappa shape index (κ1) is 13.0. The largest absolute Gasteiger partial charge is 0.479 e. The molecule has 1 aromatic rings. The van der Waals surface area contributed by atoms with Crippen molar-refractivity contribution < 1.29 is 24.0 Å². The van der Waals surface area contributed by atoms with E-state index in [1.165, 1.54) is 0 Å². The molecule has 0 aliphatic rings. The first-order valence-corrected chi connectivity index (χ1v) is 4.95. The number of hydrogen-bond acceptors (Lipinski definition) is 4. The Labute approximate surface area is 97.7 Å². The zero-order valence-corrected chi connectivity index (χ0v) is 9.52. The van der Waals surface area contributed by atoms with E-state index in [1.54, 1.807) is 26.0 Å². The number of furan rings is 1. The summed E-state index contributed by atoms with van der Waals surface area (Å²) in [5.41, 5.74) is 1.95. The van der Waals surface area contributed by atoms with Gasteiger partial charge in [-0.15, -0.1) is 0 Å². The third kappa shape index (κ3) is 4.56. The number of hydroxylamine groups is 1. The van der Waals surface area contributed by atoms with E-state index in [1.807, 2.05) is 5.48 Å². The molecule has 0 aromatic carbocycles. The third-order valence-corrected chi connectivity index (χ3v) is 1.90. The Hall–Kier alpha value is -2.02. The summed E-state index contributed by atoms with van der Waals surface area (Å²) in [7, 11) is 0. The summed E-state index contributed by atoms with van der Waals surface area (Å²) in [5.74, 6) is 0.187. The molecule has 0 spiro atoms. The molecule has 0 saturated carbocycles. The lowest BCUT2D eigenvalue weighted by Crippen LogP contribution is -2.37. The van der Waals surface area contributed by atoms with Crippen molar-refractivity contribution >= 4 is 12.0 Å². The molecule has 1 rings (SSSR count). The maximum absolute atomic E-state index is 11.2. The number of carbonyl (C=O) groups is 2. The van der Waals surface area contributed by atoms with E-state index in [4.69, 9.17) is 9.52 Å². The zero-order valence-electron chi connectivity index (χ0n) is 9.52. The van der Waals surface area contributed by atoms with Crippen LogP contribution in [0.15, 0.2) is 16.5 Å². The minimum absolute atomic E-state index is 0.336. The lowest BCUT2D eigenvalue weighted by Gasteiger charge is -2.11. The maximum Gasteiger partial charge on any atom is 0.339 e. The van der Waals surface area contributed by atoms with Crippen LogP contribution in [-0.4, -0.2) is 23.7 Å². The predicted octanol–water partition coefficient (Wildman–Crippen LogP) is 0.964. The van der Waals surface area contributed by atoms with Crippen LogP contribution >= 0.6 is 0 Å². The average Bonchev–Trinajstić information content (AvgIpc) is 2.64. The number of nitrogens with one attached hydrogen (secondary N) is 2. The highest BCUT2D eigenvalue weighted by Gasteiger charge is 2.12. The molecule has 17 heavy (non-hydrogen) atoms. The molecule has 1 unspecified atom stereocenters. The van der Waals surface area contributed by atoms with Gasteiger partial charge in [-0.2, -0.15) is 0 Å². The molecule has 0 bridgehead atoms. The lowest BCUT2D eigenvalue weighted by atomic mass is 10.2. The second-order valence-electron chi connectivity index (χ2n) is 3.43. The second kappa shape index (κ2) is 5.90. The summed E-state index contributed by atoms with van der Waals surface area (Å²) < 4.78 is 5.31. The van der Waals surface area contributed by atoms with E-state index >= 15 is 0 Å². The van der Waals surface area contributed by atoms with Crippen molar-refractivity contribution in [2.75, 3.05) is 6.61 Å². The molecule has 7 nitrogen and oxygen atoms in total. The quantitative estimate of drug-likeness (QED) is 0.668. The van der Waals surface area contributed by atoms with Crippen LogP contribution in [0.2, 0.25) is 0 Å². The van der Waals surface area contributed by atoms with E-state index in [9.17, 15) is 9.59 Å². The van der Waals surface area contributed by atoms with Gasteiger partial charge in [0.1, 0.15) is 11.5 Å². The summed E-state index contributed by atoms with van der Waals surface area (Å²) in [4.78, 5) is 25.8. The Morgan fingerprint density at radius 3 is 2.76 bits per heavy atom. The fraction of sp³-hybridized carbons (Fsp3) is 0.400. The van der Waals surface area contributed by atoms with Gasteiger partial charge < -0.3 is 14.8 Å². The van der Waals surface area contributed by atoms with Gasteiger partial charge in [-0.1, -0.05) is 0 Å². The van der Waals surface area contributed by atoms with Crippen molar-refractivity contribution in [1.82, 2.24) is 10.8 Å². The smallest absolute Gasteiger partial charge is 0.339 e. The van der Waals surface area contributed by atoms with Crippen LogP contribution in [-0.2, 0) is 9.63 Å². The van der Waals surface area contributed by atoms with Crippen LogP contribution in [0.4, 0.5) is 4.79 Å². The molecule has 7 heteroatoms. The van der Waals surface area contributed by atoms with Gasteiger partial charge in [0.15, 0.2) is 6.61 Å². The number of hydrogen-bond donors (Lipinski definition) is 3. The Morgan fingerprint density at radius 2 is 2.24 bits per heavy atom. The van der Waals surface area contributed by atoms with Crippen molar-refractivity contribution in [3.05, 3.63) is 23.7 Å². The van der Waals surface area contributed by atoms with Crippen LogP contribution in [0.25, 0.3) is 0 Å². The molecule has 0 fully saturated rings. The molecule has 0 radical (unpaired) electrons. The minimum atomic E-state index is -1.17. The molecular formula is C10H14N2O5. The van der Waals surface area contributed by atoms with Crippen LogP contribution < -0.4 is 10.8 Å². The van der Waals surface area contributed by atoms with Crippen LogP contribution in [0.1, 0.15) is 24.5 Å². The van der Waals surface area contributed by atoms with Crippen molar-refractivity contribution in [1.29, 1.82) is 0 Å². The number of aliphatic carboxylic acids is 1. The van der Waals surface area contributed by atoms with Gasteiger partial charge >= 0.3 is 12.0 Å². The summed E-state index contributed by atoms with van der Waals surface area (Å²) in [6.07, 6.45) is 0. The molecule has 3 N–H and O–H groups in total. The normalized spacial score (nSPS) is 11.9. The Kier molecular flexibility index (Phi) is 4.53. The highest BCUT2D eigenvalue weighted by molar-refractivity contribution is 5.73. The maximum atomic E-state index is 11.2. The van der Waals surface area contributed by atoms with Crippen molar-refractivity contribution in [2.24, 2.45) is 0 Å². The monoisotopic (exact) mass is 242 g/mol. The molecule has 0 aliphatic carbocycles. The molecule has 0 saturated heterocycles. The van der Waals surface area contributed by atoms with Gasteiger partial charge in [0, 0.05) is 0 Å². The number of urea groups is 1. The highest BCUT2D eigenvalue weighted by Crippen LogP contribution is 2.14. The number of aryl methyl sites for hydroxylation is 1. The van der Waals surface area contributed by atoms with Crippen LogP contribution in [0, 0.1) is 6.92 Å². The number of carboxylic acids is 1. The van der Waals surface area contributed by atoms with E-state index in [0.717, 1.165) is 5.76 Å². The number of rotatable bonds is 5. The van der Waals surface area contributed by atoms with Gasteiger partial charge in [-0.05, 0) is 26.0 Å².